The van der Waals surface area contributed by atoms with Crippen molar-refractivity contribution < 1.29 is 156 Å². The molecule has 5 saturated heterocycles. The third-order valence-corrected chi connectivity index (χ3v) is 29.3. The van der Waals surface area contributed by atoms with Gasteiger partial charge in [0.2, 0.25) is 130 Å². The lowest BCUT2D eigenvalue weighted by atomic mass is 9.97. The van der Waals surface area contributed by atoms with Gasteiger partial charge in [0.1, 0.15) is 121 Å². The lowest BCUT2D eigenvalue weighted by Gasteiger charge is -2.33. The van der Waals surface area contributed by atoms with E-state index in [4.69, 9.17) is 5.73 Å². The largest absolute Gasteiger partial charge is 0.481 e. The number of aliphatic hydroxyl groups is 4. The maximum atomic E-state index is 16.0. The molecule has 147 heavy (non-hydrogen) atoms. The van der Waals surface area contributed by atoms with E-state index in [-0.39, 0.29) is 57.5 Å². The van der Waals surface area contributed by atoms with Gasteiger partial charge in [-0.3, -0.25) is 110 Å². The van der Waals surface area contributed by atoms with E-state index in [1.54, 1.807) is 34.6 Å². The predicted molar refractivity (Wildman–Crippen MR) is 523 cm³/mol. The Morgan fingerprint density at radius 2 is 0.891 bits per heavy atom. The van der Waals surface area contributed by atoms with E-state index in [1.807, 2.05) is 10.6 Å². The van der Waals surface area contributed by atoms with Gasteiger partial charge in [-0.2, -0.15) is 35.3 Å². The molecule has 0 aromatic rings. The third-order valence-electron chi connectivity index (χ3n) is 25.3. The number of rotatable bonds is 23. The minimum absolute atomic E-state index is 0.0176. The highest BCUT2D eigenvalue weighted by Gasteiger charge is 2.47. The van der Waals surface area contributed by atoms with Crippen LogP contribution in [0.25, 0.3) is 0 Å². The molecule has 0 aliphatic carbocycles. The van der Waals surface area contributed by atoms with Crippen LogP contribution in [0.1, 0.15) is 161 Å². The van der Waals surface area contributed by atoms with Crippen LogP contribution in [0.5, 0.6) is 0 Å². The second-order valence-corrected chi connectivity index (χ2v) is 40.9. The molecule has 0 aromatic heterocycles. The number of fused-ring (bicyclic) bond motifs is 22. The molecule has 6 bridgehead atoms. The Morgan fingerprint density at radius 3 is 1.43 bits per heavy atom. The summed E-state index contributed by atoms with van der Waals surface area (Å²) >= 11 is 1.52. The molecule has 0 aromatic carbocycles. The molecule has 5 heterocycles. The lowest BCUT2D eigenvalue weighted by molar-refractivity contribution is -0.152. The molecule has 31 N–H and O–H groups in total. The number of carbonyl (C=O) groups excluding carboxylic acids is 22. The summed E-state index contributed by atoms with van der Waals surface area (Å²) in [6.45, 7) is 12.8. The number of amides is 22. The summed E-state index contributed by atoms with van der Waals surface area (Å²) in [5.41, 5.74) is 6.06. The maximum absolute atomic E-state index is 16.0. The first-order valence-corrected chi connectivity index (χ1v) is 51.4. The highest BCUT2D eigenvalue weighted by molar-refractivity contribution is 8.00. The number of hydrogen-bond donors (Lipinski definition) is 30. The summed E-state index contributed by atoms with van der Waals surface area (Å²) in [4.78, 5) is 364. The molecule has 0 saturated carbocycles. The van der Waals surface area contributed by atoms with Crippen LogP contribution in [0.2, 0.25) is 0 Å². The van der Waals surface area contributed by atoms with Crippen LogP contribution in [-0.2, 0) is 120 Å². The number of nitrogens with two attached hydrogens (primary N) is 1. The Morgan fingerprint density at radius 1 is 0.435 bits per heavy atom. The molecule has 59 heteroatoms. The van der Waals surface area contributed by atoms with Crippen LogP contribution in [0.4, 0.5) is 0 Å². The van der Waals surface area contributed by atoms with E-state index in [2.05, 4.69) is 106 Å². The van der Waals surface area contributed by atoms with E-state index >= 15 is 47.9 Å². The Labute approximate surface area is 859 Å². The first-order chi connectivity index (χ1) is 69.0. The van der Waals surface area contributed by atoms with Crippen molar-refractivity contribution >= 4 is 183 Å². The number of hydrogen-bond acceptors (Lipinski definition) is 34. The van der Waals surface area contributed by atoms with Crippen molar-refractivity contribution in [3.8, 4) is 0 Å². The molecule has 56 nitrogen and oxygen atoms in total. The summed E-state index contributed by atoms with van der Waals surface area (Å²) < 4.78 is 0. The summed E-state index contributed by atoms with van der Waals surface area (Å²) in [5, 5.41) is 123. The second-order valence-electron chi connectivity index (χ2n) is 36.7. The monoisotopic (exact) mass is 2140 g/mol. The van der Waals surface area contributed by atoms with Crippen LogP contribution in [0, 0.1) is 17.8 Å². The van der Waals surface area contributed by atoms with Crippen molar-refractivity contribution in [2.24, 2.45) is 23.5 Å². The summed E-state index contributed by atoms with van der Waals surface area (Å²) in [5.74, 6) is -38.4. The molecule has 5 aliphatic rings. The van der Waals surface area contributed by atoms with Crippen LogP contribution in [0.15, 0.2) is 0 Å². The number of aliphatic carboxylic acids is 3. The lowest BCUT2D eigenvalue weighted by Crippen LogP contribution is -2.64. The maximum Gasteiger partial charge on any atom is 0.335 e. The van der Waals surface area contributed by atoms with Gasteiger partial charge in [0, 0.05) is 52.5 Å². The fraction of sp³-hybridized carbons (Fsp3) is 0.716. The minimum Gasteiger partial charge on any atom is -0.481 e. The minimum atomic E-state index is -3.01. The zero-order valence-corrected chi connectivity index (χ0v) is 86.4. The normalized spacial score (nSPS) is 29.7. The number of carboxylic acids is 3. The number of aliphatic hydroxyl groups excluding tert-OH is 4. The third kappa shape index (κ3) is 38.0. The fourth-order valence-corrected chi connectivity index (χ4v) is 18.6. The van der Waals surface area contributed by atoms with Gasteiger partial charge in [-0.1, -0.05) is 81.6 Å². The highest BCUT2D eigenvalue weighted by atomic mass is 32.2. The van der Waals surface area contributed by atoms with Crippen molar-refractivity contribution in [1.82, 2.24) is 122 Å². The molecule has 0 unspecified atom stereocenters. The van der Waals surface area contributed by atoms with Gasteiger partial charge in [-0.25, -0.2) is 9.59 Å². The van der Waals surface area contributed by atoms with Gasteiger partial charge in [0.15, 0.2) is 6.10 Å². The molecule has 22 amide bonds. The number of carbonyl (C=O) groups is 25. The van der Waals surface area contributed by atoms with E-state index < -0.39 is 384 Å². The topological polar surface area (TPSA) is 862 Å². The van der Waals surface area contributed by atoms with Crippen molar-refractivity contribution in [3.63, 3.8) is 0 Å². The average molecular weight is 2140 g/mol. The van der Waals surface area contributed by atoms with Gasteiger partial charge < -0.3 is 163 Å². The van der Waals surface area contributed by atoms with Crippen LogP contribution in [-0.4, -0.2) is 407 Å². The number of carboxylic acid groups (broad SMARTS) is 3. The van der Waals surface area contributed by atoms with Crippen LogP contribution >= 0.6 is 35.3 Å². The van der Waals surface area contributed by atoms with E-state index in [0.29, 0.717) is 41.7 Å². The van der Waals surface area contributed by atoms with E-state index in [1.165, 1.54) is 20.8 Å². The highest BCUT2D eigenvalue weighted by Crippen LogP contribution is 2.26. The quantitative estimate of drug-likeness (QED) is 0.0422. The number of thioether (sulfide) groups is 3. The molecule has 0 radical (unpaired) electrons. The fourth-order valence-electron chi connectivity index (χ4n) is 15.2. The van der Waals surface area contributed by atoms with E-state index in [9.17, 15) is 108 Å². The zero-order chi connectivity index (χ0) is 111. The molecule has 0 spiro atoms. The Kier molecular flexibility index (Phi) is 51.1. The molecule has 824 valence electrons. The van der Waals surface area contributed by atoms with Gasteiger partial charge in [0.05, 0.1) is 38.4 Å². The van der Waals surface area contributed by atoms with Crippen molar-refractivity contribution in [2.45, 2.75) is 316 Å². The Balaban J connectivity index is 1.92. The van der Waals surface area contributed by atoms with Gasteiger partial charge in [-0.05, 0) is 97.4 Å². The zero-order valence-electron chi connectivity index (χ0n) is 84.0. The average Bonchev–Trinajstić information content (AvgIpc) is 1.66. The van der Waals surface area contributed by atoms with Crippen molar-refractivity contribution in [3.05, 3.63) is 0 Å². The summed E-state index contributed by atoms with van der Waals surface area (Å²) in [6.07, 6.45) is -6.72. The molecule has 5 rings (SSSR count). The molecule has 5 aliphatic heterocycles. The number of nitrogens with zero attached hydrogens (tertiary/aromatic N) is 1. The van der Waals surface area contributed by atoms with Crippen LogP contribution in [0.3, 0.4) is 0 Å². The number of nitrogens with one attached hydrogen (secondary N) is 22. The first-order valence-electron chi connectivity index (χ1n) is 48.2. The Hall–Kier alpha value is -12.4. The molecule has 5 fully saturated rings. The van der Waals surface area contributed by atoms with Crippen LogP contribution < -0.4 is 123 Å². The molecular formula is C88H142N24O32S3. The van der Waals surface area contributed by atoms with E-state index in [0.717, 1.165) is 46.4 Å². The van der Waals surface area contributed by atoms with Gasteiger partial charge >= 0.3 is 17.9 Å². The van der Waals surface area contributed by atoms with Gasteiger partial charge in [-0.15, -0.1) is 0 Å². The van der Waals surface area contributed by atoms with Gasteiger partial charge in [0.25, 0.3) is 0 Å². The SMILES string of the molecule is CC[C@H](C)[C@H](N)C(=O)N[C@@H](C)C(=O)N[C@@H](C)C(=O)N[C@@H](CCC(=O)O)C(=O)N[C@H]1CS[C@@H](C)[C@H]2NC(=O)[C@H]([C@@H](C)O)NC(=O)CNC(=O)[C@H]([C@@H](O)C(=O)O)NC(=O)[C@@H]3CS[C@@H](C)[C@@H](NC(=O)[C@H](CO)NC(=O)[C@H](C)NC1=O)C(=O)N[C@H]1CS[C@@H](C)[C@@H](NC(=O)[C@H]([C@@H](C)CC)NC(=O)[C@@H]4CCCN4C(=O)CNC(=O)[C@H](CO)NC(=O)[C@H](CNCCCC[C@@H](C(=O)O)NC2=O)NC1=O)C(=O)N[C@@H](C)C(=O)N[C@@H]([C@@H](C)CC)C(=O)N3. The predicted octanol–water partition coefficient (Wildman–Crippen LogP) is -13.1. The summed E-state index contributed by atoms with van der Waals surface area (Å²) in [6, 6.07) is -40.4. The van der Waals surface area contributed by atoms with Crippen molar-refractivity contribution in [2.75, 3.05) is 63.2 Å². The first kappa shape index (κ1) is 125. The van der Waals surface area contributed by atoms with Crippen molar-refractivity contribution in [1.29, 1.82) is 0 Å². The molecular weight excluding hydrogens is 2000 g/mol. The Bertz CT molecular complexity index is 4760. The molecule has 29 atom stereocenters. The smallest absolute Gasteiger partial charge is 0.335 e. The summed E-state index contributed by atoms with van der Waals surface area (Å²) in [7, 11) is 0. The second kappa shape index (κ2) is 60.1. The standard InChI is InChI=1S/C88H142N24O32S3/c1-15-35(4)58(89)79(133)95-38(7)67(121)93-39(8)68(122)97-46(23-24-57(118)119)72(126)102-51-32-145-45(14)64-85(139)98-47(87(141)142)21-18-19-25-90-27-48-73(127)101-49(30-113)71(125)92-29-56(117)112-26-20-22-54(112)78(132)107-60(37(6)17-3)82(136)109-62-43(12)146-33-52(76(130)99-48)104-86(140)63(108-74(128)50(31-114)100-69(123)40(9)94-75(51)129)44(13)147-34-53(103-81(135)59(36(5)16-2)106-70(124)41(10)96-84(62)138)77(131)111-65(66(120)88(143)144)80(134)91-28-55(116)105-61(42(11)115)83(137)110-64/h35-54,58-66,90,113-115,120H,15-34,89H2,1-14H3,(H,91,134)(H,92,125)(H,93,121)(H,94,129)(H,95,133)(H,96,138)(H,97,122)(H,98,139)(H,99,130)(H,100,123)(H,101,127)(H,102,126)(H,103,135)(H,104,140)(H,105,116)(H,106,124)(H,107,132)(H,108,128)(H,109,136)(H,110,137)(H,111,131)(H,118,119)(H,141,142)(H,143,144)/t35-,36-,37-,38-,39-,40-,41-,42+,43-,44-,45-,46-,47-,48-,49-,50-,51-,52-,53-,54-,58-,59-,60-,61-,62+,63+,64+,65-,66+/m0/s1.